The van der Waals surface area contributed by atoms with Gasteiger partial charge in [-0.3, -0.25) is 4.90 Å². The number of hydrogen-bond donors (Lipinski definition) is 1. The molecule has 1 heterocycles. The van der Waals surface area contributed by atoms with Crippen LogP contribution in [0.4, 0.5) is 4.39 Å². The molecule has 100 valence electrons. The van der Waals surface area contributed by atoms with Crippen LogP contribution in [0, 0.1) is 11.2 Å². The average molecular weight is 271 g/mol. The fraction of sp³-hybridized carbons (Fsp3) is 0.571. The Hall–Kier alpha value is -0.640. The Morgan fingerprint density at radius 3 is 2.72 bits per heavy atom. The van der Waals surface area contributed by atoms with Gasteiger partial charge < -0.3 is 5.73 Å². The van der Waals surface area contributed by atoms with Crippen molar-refractivity contribution in [3.05, 3.63) is 34.6 Å². The molecule has 1 unspecified atom stereocenters. The lowest BCUT2D eigenvalue weighted by Crippen LogP contribution is -2.33. The first-order valence-electron chi connectivity index (χ1n) is 6.32. The van der Waals surface area contributed by atoms with E-state index < -0.39 is 0 Å². The van der Waals surface area contributed by atoms with Gasteiger partial charge in [0, 0.05) is 24.2 Å². The van der Waals surface area contributed by atoms with E-state index in [0.29, 0.717) is 17.0 Å². The second-order valence-corrected chi connectivity index (χ2v) is 6.21. The molecule has 1 aliphatic rings. The van der Waals surface area contributed by atoms with Crippen LogP contribution in [0.3, 0.4) is 0 Å². The van der Waals surface area contributed by atoms with E-state index in [-0.39, 0.29) is 11.9 Å². The van der Waals surface area contributed by atoms with Gasteiger partial charge in [0.15, 0.2) is 0 Å². The molecule has 0 radical (unpaired) electrons. The highest BCUT2D eigenvalue weighted by atomic mass is 35.5. The van der Waals surface area contributed by atoms with Crippen LogP contribution in [0.25, 0.3) is 0 Å². The summed E-state index contributed by atoms with van der Waals surface area (Å²) in [7, 11) is 0. The Morgan fingerprint density at radius 2 is 2.22 bits per heavy atom. The zero-order chi connectivity index (χ0) is 13.3. The minimum Gasteiger partial charge on any atom is -0.329 e. The van der Waals surface area contributed by atoms with Gasteiger partial charge in [-0.1, -0.05) is 31.5 Å². The van der Waals surface area contributed by atoms with Gasteiger partial charge in [-0.05, 0) is 36.1 Å². The van der Waals surface area contributed by atoms with Crippen molar-refractivity contribution in [1.82, 2.24) is 4.90 Å². The van der Waals surface area contributed by atoms with Crippen molar-refractivity contribution in [1.29, 1.82) is 0 Å². The molecule has 2 N–H and O–H groups in total. The Labute approximate surface area is 113 Å². The number of hydrogen-bond acceptors (Lipinski definition) is 2. The summed E-state index contributed by atoms with van der Waals surface area (Å²) in [5, 5.41) is 0.468. The van der Waals surface area contributed by atoms with Gasteiger partial charge in [0.05, 0.1) is 0 Å². The second-order valence-electron chi connectivity index (χ2n) is 5.80. The lowest BCUT2D eigenvalue weighted by Gasteiger charge is -2.29. The van der Waals surface area contributed by atoms with Crippen molar-refractivity contribution in [3.8, 4) is 0 Å². The summed E-state index contributed by atoms with van der Waals surface area (Å²) in [6, 6.07) is 4.65. The van der Waals surface area contributed by atoms with Gasteiger partial charge in [0.1, 0.15) is 5.82 Å². The van der Waals surface area contributed by atoms with Gasteiger partial charge >= 0.3 is 0 Å². The molecule has 1 aromatic carbocycles. The molecule has 0 amide bonds. The largest absolute Gasteiger partial charge is 0.329 e. The molecule has 18 heavy (non-hydrogen) atoms. The van der Waals surface area contributed by atoms with Crippen molar-refractivity contribution in [2.45, 2.75) is 26.3 Å². The van der Waals surface area contributed by atoms with E-state index in [9.17, 15) is 4.39 Å². The smallest absolute Gasteiger partial charge is 0.124 e. The van der Waals surface area contributed by atoms with Crippen LogP contribution < -0.4 is 5.73 Å². The van der Waals surface area contributed by atoms with Crippen LogP contribution in [-0.2, 0) is 0 Å². The van der Waals surface area contributed by atoms with Crippen LogP contribution in [0.1, 0.15) is 31.9 Å². The van der Waals surface area contributed by atoms with Crippen molar-refractivity contribution in [2.24, 2.45) is 11.1 Å². The first-order valence-corrected chi connectivity index (χ1v) is 6.70. The van der Waals surface area contributed by atoms with E-state index in [1.807, 2.05) is 0 Å². The first kappa shape index (κ1) is 13.8. The summed E-state index contributed by atoms with van der Waals surface area (Å²) in [5.41, 5.74) is 7.13. The number of rotatable bonds is 3. The molecule has 1 atom stereocenters. The molecule has 1 saturated heterocycles. The van der Waals surface area contributed by atoms with Gasteiger partial charge in [-0.2, -0.15) is 0 Å². The molecule has 1 fully saturated rings. The third kappa shape index (κ3) is 2.85. The van der Waals surface area contributed by atoms with Gasteiger partial charge in [-0.15, -0.1) is 0 Å². The average Bonchev–Trinajstić information content (AvgIpc) is 2.63. The minimum absolute atomic E-state index is 0.0832. The number of likely N-dealkylation sites (tertiary alicyclic amines) is 1. The highest BCUT2D eigenvalue weighted by molar-refractivity contribution is 6.31. The predicted octanol–water partition coefficient (Wildman–Crippen LogP) is 3.21. The SMILES string of the molecule is CC1(C)CCN(C(CN)c2ccc(F)cc2Cl)C1. The van der Waals surface area contributed by atoms with Crippen LogP contribution in [0.5, 0.6) is 0 Å². The fourth-order valence-corrected chi connectivity index (χ4v) is 2.96. The van der Waals surface area contributed by atoms with Crippen molar-refractivity contribution < 1.29 is 4.39 Å². The topological polar surface area (TPSA) is 29.3 Å². The standard InChI is InChI=1S/C14H20ClFN2/c1-14(2)5-6-18(9-14)13(8-17)11-4-3-10(16)7-12(11)15/h3-4,7,13H,5-6,8-9,17H2,1-2H3. The van der Waals surface area contributed by atoms with E-state index >= 15 is 0 Å². The number of benzene rings is 1. The molecule has 1 aromatic rings. The molecule has 4 heteroatoms. The Bertz CT molecular complexity index is 434. The lowest BCUT2D eigenvalue weighted by atomic mass is 9.93. The molecule has 0 aliphatic carbocycles. The van der Waals surface area contributed by atoms with Crippen LogP contribution in [-0.4, -0.2) is 24.5 Å². The monoisotopic (exact) mass is 270 g/mol. The number of halogens is 2. The summed E-state index contributed by atoms with van der Waals surface area (Å²) in [6.07, 6.45) is 1.16. The molecule has 1 aliphatic heterocycles. The Morgan fingerprint density at radius 1 is 1.50 bits per heavy atom. The van der Waals surface area contributed by atoms with Crippen molar-refractivity contribution >= 4 is 11.6 Å². The van der Waals surface area contributed by atoms with Crippen LogP contribution >= 0.6 is 11.6 Å². The third-order valence-corrected chi connectivity index (χ3v) is 4.02. The summed E-state index contributed by atoms with van der Waals surface area (Å²) in [6.45, 7) is 7.03. The second kappa shape index (κ2) is 5.16. The highest BCUT2D eigenvalue weighted by Gasteiger charge is 2.33. The van der Waals surface area contributed by atoms with E-state index in [1.54, 1.807) is 6.07 Å². The zero-order valence-electron chi connectivity index (χ0n) is 10.9. The van der Waals surface area contributed by atoms with Crippen LogP contribution in [0.15, 0.2) is 18.2 Å². The molecule has 0 spiro atoms. The molecule has 2 nitrogen and oxygen atoms in total. The first-order chi connectivity index (χ1) is 8.43. The van der Waals surface area contributed by atoms with E-state index in [1.165, 1.54) is 12.1 Å². The number of nitrogens with zero attached hydrogens (tertiary/aromatic N) is 1. The van der Waals surface area contributed by atoms with Crippen LogP contribution in [0.2, 0.25) is 5.02 Å². The molecule has 0 bridgehead atoms. The van der Waals surface area contributed by atoms with Gasteiger partial charge in [-0.25, -0.2) is 4.39 Å². The van der Waals surface area contributed by atoms with Crippen molar-refractivity contribution in [2.75, 3.05) is 19.6 Å². The lowest BCUT2D eigenvalue weighted by molar-refractivity contribution is 0.223. The van der Waals surface area contributed by atoms with Gasteiger partial charge in [0.2, 0.25) is 0 Å². The molecular formula is C14H20ClFN2. The van der Waals surface area contributed by atoms with E-state index in [0.717, 1.165) is 25.1 Å². The molecule has 0 aromatic heterocycles. The highest BCUT2D eigenvalue weighted by Crippen LogP contribution is 2.36. The summed E-state index contributed by atoms with van der Waals surface area (Å²) >= 11 is 6.13. The maximum absolute atomic E-state index is 13.1. The van der Waals surface area contributed by atoms with Crippen molar-refractivity contribution in [3.63, 3.8) is 0 Å². The third-order valence-electron chi connectivity index (χ3n) is 3.69. The number of nitrogens with two attached hydrogens (primary N) is 1. The zero-order valence-corrected chi connectivity index (χ0v) is 11.7. The molecule has 2 rings (SSSR count). The van der Waals surface area contributed by atoms with E-state index in [2.05, 4.69) is 18.7 Å². The van der Waals surface area contributed by atoms with E-state index in [4.69, 9.17) is 17.3 Å². The predicted molar refractivity (Wildman–Crippen MR) is 73.2 cm³/mol. The normalized spacial score (nSPS) is 21.2. The summed E-state index contributed by atoms with van der Waals surface area (Å²) in [4.78, 5) is 2.35. The minimum atomic E-state index is -0.304. The summed E-state index contributed by atoms with van der Waals surface area (Å²) in [5.74, 6) is -0.304. The maximum atomic E-state index is 13.1. The molecular weight excluding hydrogens is 251 g/mol. The Balaban J connectivity index is 2.23. The van der Waals surface area contributed by atoms with Gasteiger partial charge in [0.25, 0.3) is 0 Å². The molecule has 0 saturated carbocycles. The fourth-order valence-electron chi connectivity index (χ4n) is 2.66. The summed E-state index contributed by atoms with van der Waals surface area (Å²) < 4.78 is 13.1. The Kier molecular flexibility index (Phi) is 3.95. The maximum Gasteiger partial charge on any atom is 0.124 e. The quantitative estimate of drug-likeness (QED) is 0.914.